The SMILES string of the molecule is Cn1[nH]c(=O)c(=O)nc1Sc1nc(Cl)nc2ccccc12. The summed E-state index contributed by atoms with van der Waals surface area (Å²) < 4.78 is 1.36. The molecule has 0 aliphatic heterocycles. The van der Waals surface area contributed by atoms with E-state index in [0.29, 0.717) is 15.7 Å². The fraction of sp³-hybridized carbons (Fsp3) is 0.0833. The van der Waals surface area contributed by atoms with Crippen molar-refractivity contribution < 1.29 is 0 Å². The van der Waals surface area contributed by atoms with Crippen molar-refractivity contribution in [1.82, 2.24) is 24.7 Å². The Kier molecular flexibility index (Phi) is 3.48. The molecule has 7 nitrogen and oxygen atoms in total. The second kappa shape index (κ2) is 5.30. The first-order valence-corrected chi connectivity index (χ1v) is 7.01. The minimum absolute atomic E-state index is 0.102. The molecule has 3 rings (SSSR count). The number of aromatic nitrogens is 5. The lowest BCUT2D eigenvalue weighted by Crippen LogP contribution is -2.33. The van der Waals surface area contributed by atoms with Crippen molar-refractivity contribution in [3.8, 4) is 0 Å². The van der Waals surface area contributed by atoms with E-state index in [-0.39, 0.29) is 5.28 Å². The van der Waals surface area contributed by atoms with Crippen molar-refractivity contribution in [2.75, 3.05) is 0 Å². The van der Waals surface area contributed by atoms with Gasteiger partial charge in [-0.15, -0.1) is 0 Å². The van der Waals surface area contributed by atoms with Gasteiger partial charge in [-0.1, -0.05) is 18.2 Å². The van der Waals surface area contributed by atoms with Crippen LogP contribution in [0, 0.1) is 0 Å². The van der Waals surface area contributed by atoms with Crippen LogP contribution in [0.5, 0.6) is 0 Å². The Bertz CT molecular complexity index is 952. The normalized spacial score (nSPS) is 11.0. The average Bonchev–Trinajstić information content (AvgIpc) is 2.44. The molecule has 0 aliphatic carbocycles. The molecule has 0 unspecified atom stereocenters. The predicted molar refractivity (Wildman–Crippen MR) is 78.8 cm³/mol. The average molecular weight is 322 g/mol. The van der Waals surface area contributed by atoms with E-state index in [1.807, 2.05) is 24.3 Å². The summed E-state index contributed by atoms with van der Waals surface area (Å²) in [6.45, 7) is 0. The molecule has 0 saturated carbocycles. The first-order chi connectivity index (χ1) is 10.0. The van der Waals surface area contributed by atoms with E-state index in [1.165, 1.54) is 4.68 Å². The van der Waals surface area contributed by atoms with Gasteiger partial charge in [0.25, 0.3) is 0 Å². The molecule has 2 heterocycles. The Morgan fingerprint density at radius 3 is 2.76 bits per heavy atom. The van der Waals surface area contributed by atoms with Crippen molar-refractivity contribution in [2.45, 2.75) is 10.2 Å². The fourth-order valence-corrected chi connectivity index (χ4v) is 2.86. The first-order valence-electron chi connectivity index (χ1n) is 5.82. The number of para-hydroxylation sites is 1. The summed E-state index contributed by atoms with van der Waals surface area (Å²) in [6, 6.07) is 7.35. The number of halogens is 1. The van der Waals surface area contributed by atoms with Crippen molar-refractivity contribution >= 4 is 34.3 Å². The zero-order chi connectivity index (χ0) is 15.0. The molecule has 0 spiro atoms. The highest BCUT2D eigenvalue weighted by Crippen LogP contribution is 2.30. The topological polar surface area (TPSA) is 93.5 Å². The van der Waals surface area contributed by atoms with Crippen LogP contribution in [0.1, 0.15) is 0 Å². The third kappa shape index (κ3) is 2.67. The molecule has 0 amide bonds. The van der Waals surface area contributed by atoms with Crippen LogP contribution in [0.4, 0.5) is 0 Å². The zero-order valence-electron chi connectivity index (χ0n) is 10.7. The third-order valence-electron chi connectivity index (χ3n) is 2.68. The fourth-order valence-electron chi connectivity index (χ4n) is 1.74. The van der Waals surface area contributed by atoms with Gasteiger partial charge in [0.1, 0.15) is 5.03 Å². The van der Waals surface area contributed by atoms with Crippen molar-refractivity contribution in [2.24, 2.45) is 7.05 Å². The summed E-state index contributed by atoms with van der Waals surface area (Å²) >= 11 is 7.03. The monoisotopic (exact) mass is 321 g/mol. The number of hydrogen-bond donors (Lipinski definition) is 1. The standard InChI is InChI=1S/C12H8ClN5O2S/c1-18-12(15-8(19)9(20)17-18)21-10-6-4-2-3-5-7(6)14-11(13)16-10/h2-5H,1H3,(H,17,20). The van der Waals surface area contributed by atoms with E-state index in [9.17, 15) is 9.59 Å². The van der Waals surface area contributed by atoms with E-state index < -0.39 is 11.1 Å². The molecule has 0 saturated heterocycles. The van der Waals surface area contributed by atoms with Gasteiger partial charge >= 0.3 is 11.1 Å². The zero-order valence-corrected chi connectivity index (χ0v) is 12.3. The largest absolute Gasteiger partial charge is 0.339 e. The highest BCUT2D eigenvalue weighted by molar-refractivity contribution is 7.99. The van der Waals surface area contributed by atoms with Gasteiger partial charge in [0.2, 0.25) is 5.28 Å². The van der Waals surface area contributed by atoms with E-state index in [1.54, 1.807) is 7.05 Å². The van der Waals surface area contributed by atoms with Gasteiger partial charge < -0.3 is 0 Å². The Hall–Kier alpha value is -2.19. The van der Waals surface area contributed by atoms with Gasteiger partial charge in [-0.3, -0.25) is 19.4 Å². The van der Waals surface area contributed by atoms with Crippen LogP contribution in [-0.4, -0.2) is 24.7 Å². The molecule has 0 atom stereocenters. The minimum Gasteiger partial charge on any atom is -0.265 e. The second-order valence-corrected chi connectivity index (χ2v) is 5.41. The van der Waals surface area contributed by atoms with Crippen LogP contribution in [0.3, 0.4) is 0 Å². The maximum absolute atomic E-state index is 11.4. The number of fused-ring (bicyclic) bond motifs is 1. The van der Waals surface area contributed by atoms with Gasteiger partial charge in [-0.05, 0) is 29.4 Å². The van der Waals surface area contributed by atoms with Gasteiger partial charge in [0, 0.05) is 12.4 Å². The minimum atomic E-state index is -0.847. The van der Waals surface area contributed by atoms with Gasteiger partial charge in [-0.25, -0.2) is 9.97 Å². The van der Waals surface area contributed by atoms with Gasteiger partial charge in [0.15, 0.2) is 5.16 Å². The Labute approximate surface area is 127 Å². The molecular formula is C12H8ClN5O2S. The maximum Gasteiger partial charge on any atom is 0.339 e. The first kappa shape index (κ1) is 13.8. The number of aryl methyl sites for hydroxylation is 1. The van der Waals surface area contributed by atoms with Crippen molar-refractivity contribution in [3.05, 3.63) is 50.3 Å². The molecule has 1 aromatic carbocycles. The van der Waals surface area contributed by atoms with Gasteiger partial charge in [0.05, 0.1) is 5.52 Å². The van der Waals surface area contributed by atoms with E-state index in [4.69, 9.17) is 11.6 Å². The van der Waals surface area contributed by atoms with Crippen LogP contribution in [0.2, 0.25) is 5.28 Å². The summed E-state index contributed by atoms with van der Waals surface area (Å²) in [7, 11) is 1.58. The number of aromatic amines is 1. The van der Waals surface area contributed by atoms with E-state index >= 15 is 0 Å². The van der Waals surface area contributed by atoms with Crippen molar-refractivity contribution in [3.63, 3.8) is 0 Å². The maximum atomic E-state index is 11.4. The molecule has 0 radical (unpaired) electrons. The summed E-state index contributed by atoms with van der Waals surface area (Å²) in [5, 5.41) is 4.13. The summed E-state index contributed by atoms with van der Waals surface area (Å²) in [5.41, 5.74) is -0.929. The molecular weight excluding hydrogens is 314 g/mol. The number of hydrogen-bond acceptors (Lipinski definition) is 6. The van der Waals surface area contributed by atoms with Crippen LogP contribution in [-0.2, 0) is 7.05 Å². The lowest BCUT2D eigenvalue weighted by molar-refractivity contribution is 0.596. The second-order valence-electron chi connectivity index (χ2n) is 4.12. The molecule has 21 heavy (non-hydrogen) atoms. The molecule has 106 valence electrons. The Morgan fingerprint density at radius 1 is 1.19 bits per heavy atom. The molecule has 9 heteroatoms. The molecule has 0 fully saturated rings. The number of nitrogens with zero attached hydrogens (tertiary/aromatic N) is 4. The molecule has 1 N–H and O–H groups in total. The predicted octanol–water partition coefficient (Wildman–Crippen LogP) is 1.22. The summed E-state index contributed by atoms with van der Waals surface area (Å²) in [5.74, 6) is 0. The lowest BCUT2D eigenvalue weighted by Gasteiger charge is -2.07. The third-order valence-corrected chi connectivity index (χ3v) is 3.90. The Morgan fingerprint density at radius 2 is 1.95 bits per heavy atom. The number of nitrogens with one attached hydrogen (secondary N) is 1. The Balaban J connectivity index is 2.16. The quantitative estimate of drug-likeness (QED) is 0.433. The van der Waals surface area contributed by atoms with E-state index in [2.05, 4.69) is 20.1 Å². The molecule has 0 bridgehead atoms. The van der Waals surface area contributed by atoms with Crippen LogP contribution in [0.15, 0.2) is 44.0 Å². The van der Waals surface area contributed by atoms with Crippen molar-refractivity contribution in [1.29, 1.82) is 0 Å². The highest BCUT2D eigenvalue weighted by atomic mass is 35.5. The smallest absolute Gasteiger partial charge is 0.265 e. The number of H-pyrrole nitrogens is 1. The van der Waals surface area contributed by atoms with Crippen LogP contribution < -0.4 is 11.1 Å². The van der Waals surface area contributed by atoms with Crippen LogP contribution in [0.25, 0.3) is 10.9 Å². The number of rotatable bonds is 2. The molecule has 0 aliphatic rings. The molecule has 3 aromatic rings. The number of benzene rings is 1. The van der Waals surface area contributed by atoms with Gasteiger partial charge in [-0.2, -0.15) is 4.98 Å². The lowest BCUT2D eigenvalue weighted by atomic mass is 10.2. The molecule has 2 aromatic heterocycles. The summed E-state index contributed by atoms with van der Waals surface area (Å²) in [6.07, 6.45) is 0. The van der Waals surface area contributed by atoms with Crippen LogP contribution >= 0.6 is 23.4 Å². The summed E-state index contributed by atoms with van der Waals surface area (Å²) in [4.78, 5) is 34.6. The van der Waals surface area contributed by atoms with E-state index in [0.717, 1.165) is 17.1 Å². The highest BCUT2D eigenvalue weighted by Gasteiger charge is 2.12.